The Kier molecular flexibility index (Phi) is 5.03. The van der Waals surface area contributed by atoms with E-state index >= 15 is 0 Å². The van der Waals surface area contributed by atoms with E-state index in [4.69, 9.17) is 13.6 Å². The van der Waals surface area contributed by atoms with Crippen LogP contribution in [-0.4, -0.2) is 30.4 Å². The molecule has 2 heterocycles. The molecule has 0 N–H and O–H groups in total. The van der Waals surface area contributed by atoms with Crippen molar-refractivity contribution in [2.75, 3.05) is 25.1 Å². The lowest BCUT2D eigenvalue weighted by Crippen LogP contribution is -2.21. The number of hydrogen-bond donors (Lipinski definition) is 0. The van der Waals surface area contributed by atoms with Crippen LogP contribution in [0.2, 0.25) is 0 Å². The molecule has 29 heavy (non-hydrogen) atoms. The van der Waals surface area contributed by atoms with E-state index in [-0.39, 0.29) is 17.3 Å². The Morgan fingerprint density at radius 2 is 1.66 bits per heavy atom. The van der Waals surface area contributed by atoms with Gasteiger partial charge in [-0.05, 0) is 44.2 Å². The van der Waals surface area contributed by atoms with Gasteiger partial charge in [0.2, 0.25) is 0 Å². The summed E-state index contributed by atoms with van der Waals surface area (Å²) in [6, 6.07) is 14.8. The summed E-state index contributed by atoms with van der Waals surface area (Å²) in [4.78, 5) is 14.8. The zero-order valence-corrected chi connectivity index (χ0v) is 16.5. The second-order valence-electron chi connectivity index (χ2n) is 6.45. The summed E-state index contributed by atoms with van der Waals surface area (Å²) < 4.78 is 16.6. The number of aromatic nitrogens is 2. The molecule has 4 rings (SSSR count). The summed E-state index contributed by atoms with van der Waals surface area (Å²) in [6.45, 7) is 5.92. The molecule has 0 aliphatic heterocycles. The minimum atomic E-state index is -0.524. The molecule has 0 spiro atoms. The number of hydrogen-bond acceptors (Lipinski definition) is 7. The summed E-state index contributed by atoms with van der Waals surface area (Å²) in [5, 5.41) is 8.89. The summed E-state index contributed by atoms with van der Waals surface area (Å²) >= 11 is 0. The standard InChI is InChI=1S/C22H21N3O4/c1-4-25(5-2)15-11-10-14-12-17(22(26)28-19(14)13-15)21-24-23-20(29-21)16-8-6-7-9-18(16)27-3/h6-13H,4-5H2,1-3H3. The Labute approximate surface area is 167 Å². The van der Waals surface area contributed by atoms with Crippen LogP contribution >= 0.6 is 0 Å². The van der Waals surface area contributed by atoms with Gasteiger partial charge in [-0.1, -0.05) is 12.1 Å². The zero-order valence-electron chi connectivity index (χ0n) is 16.5. The molecule has 2 aromatic heterocycles. The monoisotopic (exact) mass is 391 g/mol. The predicted molar refractivity (Wildman–Crippen MR) is 111 cm³/mol. The average Bonchev–Trinajstić information content (AvgIpc) is 3.23. The number of para-hydroxylation sites is 1. The van der Waals surface area contributed by atoms with Crippen LogP contribution in [0.15, 0.2) is 62.2 Å². The summed E-state index contributed by atoms with van der Waals surface area (Å²) in [6.07, 6.45) is 0. The Hall–Kier alpha value is -3.61. The van der Waals surface area contributed by atoms with Gasteiger partial charge in [-0.15, -0.1) is 10.2 Å². The second kappa shape index (κ2) is 7.79. The van der Waals surface area contributed by atoms with Crippen molar-refractivity contribution in [1.29, 1.82) is 0 Å². The molecule has 0 radical (unpaired) electrons. The van der Waals surface area contributed by atoms with Crippen molar-refractivity contribution in [1.82, 2.24) is 10.2 Å². The van der Waals surface area contributed by atoms with Gasteiger partial charge < -0.3 is 18.5 Å². The zero-order chi connectivity index (χ0) is 20.4. The van der Waals surface area contributed by atoms with Crippen molar-refractivity contribution in [2.24, 2.45) is 0 Å². The first-order valence-electron chi connectivity index (χ1n) is 9.44. The molecular weight excluding hydrogens is 370 g/mol. The van der Waals surface area contributed by atoms with Crippen LogP contribution in [0.25, 0.3) is 33.9 Å². The molecule has 0 atom stereocenters. The molecular formula is C22H21N3O4. The minimum absolute atomic E-state index is 0.106. The molecule has 7 nitrogen and oxygen atoms in total. The van der Waals surface area contributed by atoms with Gasteiger partial charge in [0.05, 0.1) is 12.7 Å². The number of benzene rings is 2. The van der Waals surface area contributed by atoms with Gasteiger partial charge in [-0.2, -0.15) is 0 Å². The molecule has 148 valence electrons. The molecule has 0 saturated heterocycles. The van der Waals surface area contributed by atoms with Crippen LogP contribution in [0.3, 0.4) is 0 Å². The Morgan fingerprint density at radius 3 is 2.38 bits per heavy atom. The Morgan fingerprint density at radius 1 is 0.931 bits per heavy atom. The fraction of sp³-hybridized carbons (Fsp3) is 0.227. The highest BCUT2D eigenvalue weighted by molar-refractivity contribution is 5.83. The SMILES string of the molecule is CCN(CC)c1ccc2cc(-c3nnc(-c4ccccc4OC)o3)c(=O)oc2c1. The van der Waals surface area contributed by atoms with Gasteiger partial charge in [0.25, 0.3) is 11.8 Å². The van der Waals surface area contributed by atoms with Crippen molar-refractivity contribution in [2.45, 2.75) is 13.8 Å². The fourth-order valence-electron chi connectivity index (χ4n) is 3.30. The van der Waals surface area contributed by atoms with E-state index in [0.29, 0.717) is 16.9 Å². The van der Waals surface area contributed by atoms with Crippen LogP contribution in [0, 0.1) is 0 Å². The molecule has 0 unspecified atom stereocenters. The largest absolute Gasteiger partial charge is 0.496 e. The van der Waals surface area contributed by atoms with Crippen LogP contribution in [0.1, 0.15) is 13.8 Å². The molecule has 0 aliphatic rings. The Bertz CT molecular complexity index is 1210. The smallest absolute Gasteiger partial charge is 0.349 e. The second-order valence-corrected chi connectivity index (χ2v) is 6.45. The van der Waals surface area contributed by atoms with Gasteiger partial charge in [0.15, 0.2) is 0 Å². The van der Waals surface area contributed by atoms with Crippen LogP contribution in [0.5, 0.6) is 5.75 Å². The first-order valence-corrected chi connectivity index (χ1v) is 9.44. The normalized spacial score (nSPS) is 11.0. The van der Waals surface area contributed by atoms with Crippen molar-refractivity contribution in [3.05, 3.63) is 59.0 Å². The van der Waals surface area contributed by atoms with Gasteiger partial charge in [0, 0.05) is 30.2 Å². The molecule has 0 fully saturated rings. The number of anilines is 1. The van der Waals surface area contributed by atoms with Crippen molar-refractivity contribution in [3.8, 4) is 28.7 Å². The van der Waals surface area contributed by atoms with E-state index in [1.54, 1.807) is 19.2 Å². The highest BCUT2D eigenvalue weighted by atomic mass is 16.5. The lowest BCUT2D eigenvalue weighted by molar-refractivity contribution is 0.414. The van der Waals surface area contributed by atoms with E-state index in [0.717, 1.165) is 24.2 Å². The minimum Gasteiger partial charge on any atom is -0.496 e. The summed E-state index contributed by atoms with van der Waals surface area (Å²) in [5.74, 6) is 0.986. The van der Waals surface area contributed by atoms with Gasteiger partial charge >= 0.3 is 5.63 Å². The fourth-order valence-corrected chi connectivity index (χ4v) is 3.30. The molecule has 0 amide bonds. The number of nitrogens with zero attached hydrogens (tertiary/aromatic N) is 3. The van der Waals surface area contributed by atoms with Crippen molar-refractivity contribution in [3.63, 3.8) is 0 Å². The predicted octanol–water partition coefficient (Wildman–Crippen LogP) is 4.36. The van der Waals surface area contributed by atoms with Crippen LogP contribution in [-0.2, 0) is 0 Å². The van der Waals surface area contributed by atoms with E-state index in [1.807, 2.05) is 36.4 Å². The molecule has 7 heteroatoms. The third-order valence-corrected chi connectivity index (χ3v) is 4.84. The lowest BCUT2D eigenvalue weighted by atomic mass is 10.1. The highest BCUT2D eigenvalue weighted by Gasteiger charge is 2.18. The first kappa shape index (κ1) is 18.7. The molecule has 4 aromatic rings. The van der Waals surface area contributed by atoms with Gasteiger partial charge in [-0.3, -0.25) is 0 Å². The Balaban J connectivity index is 1.75. The maximum atomic E-state index is 12.6. The number of ether oxygens (including phenoxy) is 1. The highest BCUT2D eigenvalue weighted by Crippen LogP contribution is 2.31. The molecule has 2 aromatic carbocycles. The van der Waals surface area contributed by atoms with E-state index in [1.165, 1.54) is 0 Å². The third kappa shape index (κ3) is 3.47. The molecule has 0 bridgehead atoms. The number of methoxy groups -OCH3 is 1. The number of rotatable bonds is 6. The number of fused-ring (bicyclic) bond motifs is 1. The molecule has 0 saturated carbocycles. The van der Waals surface area contributed by atoms with Crippen molar-refractivity contribution >= 4 is 16.7 Å². The first-order chi connectivity index (χ1) is 14.1. The average molecular weight is 391 g/mol. The van der Waals surface area contributed by atoms with Crippen LogP contribution in [0.4, 0.5) is 5.69 Å². The topological polar surface area (TPSA) is 81.6 Å². The van der Waals surface area contributed by atoms with E-state index < -0.39 is 5.63 Å². The summed E-state index contributed by atoms with van der Waals surface area (Å²) in [7, 11) is 1.57. The summed E-state index contributed by atoms with van der Waals surface area (Å²) in [5.41, 5.74) is 1.89. The van der Waals surface area contributed by atoms with E-state index in [9.17, 15) is 4.79 Å². The van der Waals surface area contributed by atoms with Crippen LogP contribution < -0.4 is 15.3 Å². The molecule has 0 aliphatic carbocycles. The van der Waals surface area contributed by atoms with Gasteiger partial charge in [-0.25, -0.2) is 4.79 Å². The van der Waals surface area contributed by atoms with Crippen molar-refractivity contribution < 1.29 is 13.6 Å². The van der Waals surface area contributed by atoms with Gasteiger partial charge in [0.1, 0.15) is 16.9 Å². The quantitative estimate of drug-likeness (QED) is 0.452. The third-order valence-electron chi connectivity index (χ3n) is 4.84. The maximum Gasteiger partial charge on any atom is 0.349 e. The van der Waals surface area contributed by atoms with E-state index in [2.05, 4.69) is 28.9 Å². The lowest BCUT2D eigenvalue weighted by Gasteiger charge is -2.20. The maximum absolute atomic E-state index is 12.6.